The van der Waals surface area contributed by atoms with Gasteiger partial charge in [-0.1, -0.05) is 25.0 Å². The summed E-state index contributed by atoms with van der Waals surface area (Å²) in [4.78, 5) is 23.3. The van der Waals surface area contributed by atoms with Gasteiger partial charge >= 0.3 is 12.1 Å². The van der Waals surface area contributed by atoms with Crippen molar-refractivity contribution in [1.82, 2.24) is 0 Å². The van der Waals surface area contributed by atoms with E-state index in [2.05, 4.69) is 5.32 Å². The van der Waals surface area contributed by atoms with Crippen LogP contribution in [0.5, 0.6) is 0 Å². The first-order valence-electron chi connectivity index (χ1n) is 7.00. The molecule has 1 aliphatic carbocycles. The number of amides is 1. The van der Waals surface area contributed by atoms with Crippen molar-refractivity contribution in [3.8, 4) is 0 Å². The number of hydrogen-bond donors (Lipinski definition) is 1. The van der Waals surface area contributed by atoms with Crippen LogP contribution in [0.1, 0.15) is 31.2 Å². The summed E-state index contributed by atoms with van der Waals surface area (Å²) >= 11 is 0. The van der Waals surface area contributed by atoms with Crippen molar-refractivity contribution in [2.75, 3.05) is 11.9 Å². The average molecular weight is 315 g/mol. The lowest BCUT2D eigenvalue weighted by atomic mass is 10.1. The molecular weight excluding hydrogens is 299 g/mol. The fraction of sp³-hybridized carbons (Fsp3) is 0.467. The topological polar surface area (TPSA) is 55.4 Å². The van der Waals surface area contributed by atoms with Crippen molar-refractivity contribution in [2.24, 2.45) is 5.92 Å². The van der Waals surface area contributed by atoms with Gasteiger partial charge in [0.25, 0.3) is 5.91 Å². The van der Waals surface area contributed by atoms with Crippen LogP contribution in [0.25, 0.3) is 0 Å². The summed E-state index contributed by atoms with van der Waals surface area (Å²) in [5.74, 6) is -1.45. The fourth-order valence-electron chi connectivity index (χ4n) is 2.44. The molecule has 0 aliphatic heterocycles. The van der Waals surface area contributed by atoms with Crippen LogP contribution in [0.3, 0.4) is 0 Å². The maximum Gasteiger partial charge on any atom is 0.418 e. The molecular formula is C15H16F3NO3. The molecule has 0 aromatic heterocycles. The number of para-hydroxylation sites is 1. The number of alkyl halides is 3. The SMILES string of the molecule is O=C(COC(=O)C1CCCC1)Nc1ccccc1C(F)(F)F. The zero-order chi connectivity index (χ0) is 16.2. The summed E-state index contributed by atoms with van der Waals surface area (Å²) in [7, 11) is 0. The second-order valence-corrected chi connectivity index (χ2v) is 5.18. The Labute approximate surface area is 125 Å². The minimum Gasteiger partial charge on any atom is -0.455 e. The van der Waals surface area contributed by atoms with Gasteiger partial charge in [-0.25, -0.2) is 0 Å². The number of carbonyl (C=O) groups is 2. The Balaban J connectivity index is 1.91. The van der Waals surface area contributed by atoms with Gasteiger partial charge in [0.1, 0.15) is 0 Å². The molecule has 1 fully saturated rings. The van der Waals surface area contributed by atoms with Gasteiger partial charge in [0.2, 0.25) is 0 Å². The largest absolute Gasteiger partial charge is 0.455 e. The molecule has 1 aliphatic rings. The lowest BCUT2D eigenvalue weighted by molar-refractivity contribution is -0.151. The van der Waals surface area contributed by atoms with E-state index in [1.807, 2.05) is 0 Å². The van der Waals surface area contributed by atoms with Crippen LogP contribution in [0.15, 0.2) is 24.3 Å². The number of esters is 1. The first kappa shape index (κ1) is 16.3. The van der Waals surface area contributed by atoms with E-state index in [0.29, 0.717) is 0 Å². The summed E-state index contributed by atoms with van der Waals surface area (Å²) in [5.41, 5.74) is -1.29. The van der Waals surface area contributed by atoms with Crippen LogP contribution in [0.4, 0.5) is 18.9 Å². The number of nitrogens with one attached hydrogen (secondary N) is 1. The quantitative estimate of drug-likeness (QED) is 0.867. The standard InChI is InChI=1S/C15H16F3NO3/c16-15(17,18)11-7-3-4-8-12(11)19-13(20)9-22-14(21)10-5-1-2-6-10/h3-4,7-8,10H,1-2,5-6,9H2,(H,19,20). The van der Waals surface area contributed by atoms with E-state index in [9.17, 15) is 22.8 Å². The van der Waals surface area contributed by atoms with E-state index >= 15 is 0 Å². The summed E-state index contributed by atoms with van der Waals surface area (Å²) in [5, 5.41) is 2.13. The average Bonchev–Trinajstić information content (AvgIpc) is 2.98. The fourth-order valence-corrected chi connectivity index (χ4v) is 2.44. The van der Waals surface area contributed by atoms with Crippen LogP contribution in [-0.4, -0.2) is 18.5 Å². The molecule has 1 aromatic rings. The maximum absolute atomic E-state index is 12.8. The zero-order valence-electron chi connectivity index (χ0n) is 11.8. The van der Waals surface area contributed by atoms with Crippen molar-refractivity contribution in [1.29, 1.82) is 0 Å². The third-order valence-corrected chi connectivity index (χ3v) is 3.54. The molecule has 1 N–H and O–H groups in total. The van der Waals surface area contributed by atoms with Gasteiger partial charge in [-0.05, 0) is 25.0 Å². The molecule has 0 spiro atoms. The van der Waals surface area contributed by atoms with Gasteiger partial charge in [0.15, 0.2) is 6.61 Å². The monoisotopic (exact) mass is 315 g/mol. The minimum atomic E-state index is -4.57. The highest BCUT2D eigenvalue weighted by Gasteiger charge is 2.33. The van der Waals surface area contributed by atoms with Gasteiger partial charge in [-0.2, -0.15) is 13.2 Å². The lowest BCUT2D eigenvalue weighted by Gasteiger charge is -2.14. The Morgan fingerprint density at radius 3 is 2.45 bits per heavy atom. The number of anilines is 1. The van der Waals surface area contributed by atoms with Crippen molar-refractivity contribution >= 4 is 17.6 Å². The normalized spacial score (nSPS) is 15.6. The molecule has 0 unspecified atom stereocenters. The van der Waals surface area contributed by atoms with Crippen LogP contribution in [0, 0.1) is 5.92 Å². The molecule has 7 heteroatoms. The highest BCUT2D eigenvalue weighted by molar-refractivity contribution is 5.93. The highest BCUT2D eigenvalue weighted by atomic mass is 19.4. The van der Waals surface area contributed by atoms with E-state index in [1.54, 1.807) is 0 Å². The number of benzene rings is 1. The maximum atomic E-state index is 12.8. The number of rotatable bonds is 4. The summed E-state index contributed by atoms with van der Waals surface area (Å²) in [6.45, 7) is -0.582. The second-order valence-electron chi connectivity index (χ2n) is 5.18. The third-order valence-electron chi connectivity index (χ3n) is 3.54. The molecule has 1 saturated carbocycles. The van der Waals surface area contributed by atoms with Gasteiger partial charge in [0.05, 0.1) is 17.2 Å². The number of hydrogen-bond acceptors (Lipinski definition) is 3. The van der Waals surface area contributed by atoms with Crippen molar-refractivity contribution in [3.63, 3.8) is 0 Å². The molecule has 0 bridgehead atoms. The molecule has 0 radical (unpaired) electrons. The summed E-state index contributed by atoms with van der Waals surface area (Å²) in [6.07, 6.45) is -1.20. The molecule has 1 aromatic carbocycles. The molecule has 1 amide bonds. The highest BCUT2D eigenvalue weighted by Crippen LogP contribution is 2.34. The Morgan fingerprint density at radius 1 is 1.18 bits per heavy atom. The van der Waals surface area contributed by atoms with Gasteiger partial charge < -0.3 is 10.1 Å². The van der Waals surface area contributed by atoms with Crippen LogP contribution in [0.2, 0.25) is 0 Å². The molecule has 120 valence electrons. The Morgan fingerprint density at radius 2 is 1.82 bits per heavy atom. The predicted molar refractivity (Wildman–Crippen MR) is 73.0 cm³/mol. The van der Waals surface area contributed by atoms with E-state index in [4.69, 9.17) is 4.74 Å². The van der Waals surface area contributed by atoms with E-state index in [1.165, 1.54) is 12.1 Å². The van der Waals surface area contributed by atoms with E-state index in [0.717, 1.165) is 37.8 Å². The molecule has 22 heavy (non-hydrogen) atoms. The smallest absolute Gasteiger partial charge is 0.418 e. The van der Waals surface area contributed by atoms with Crippen molar-refractivity contribution in [3.05, 3.63) is 29.8 Å². The molecule has 0 atom stereocenters. The molecule has 4 nitrogen and oxygen atoms in total. The molecule has 0 saturated heterocycles. The van der Waals surface area contributed by atoms with Crippen LogP contribution < -0.4 is 5.32 Å². The van der Waals surface area contributed by atoms with E-state index in [-0.39, 0.29) is 11.6 Å². The number of halogens is 3. The molecule has 2 rings (SSSR count). The van der Waals surface area contributed by atoms with Crippen LogP contribution >= 0.6 is 0 Å². The first-order valence-corrected chi connectivity index (χ1v) is 7.00. The second kappa shape index (κ2) is 6.81. The Kier molecular flexibility index (Phi) is 5.05. The zero-order valence-corrected chi connectivity index (χ0v) is 11.8. The predicted octanol–water partition coefficient (Wildman–Crippen LogP) is 3.38. The summed E-state index contributed by atoms with van der Waals surface area (Å²) in [6, 6.07) is 4.65. The minimum absolute atomic E-state index is 0.199. The van der Waals surface area contributed by atoms with Gasteiger partial charge in [-0.3, -0.25) is 9.59 Å². The summed E-state index contributed by atoms with van der Waals surface area (Å²) < 4.78 is 43.2. The van der Waals surface area contributed by atoms with Crippen molar-refractivity contribution < 1.29 is 27.5 Å². The lowest BCUT2D eigenvalue weighted by Crippen LogP contribution is -2.24. The van der Waals surface area contributed by atoms with Crippen molar-refractivity contribution in [2.45, 2.75) is 31.9 Å². The Bertz CT molecular complexity index is 551. The van der Waals surface area contributed by atoms with E-state index < -0.39 is 30.2 Å². The third kappa shape index (κ3) is 4.22. The Hall–Kier alpha value is -2.05. The number of ether oxygens (including phenoxy) is 1. The van der Waals surface area contributed by atoms with Gasteiger partial charge in [0, 0.05) is 0 Å². The van der Waals surface area contributed by atoms with Crippen LogP contribution in [-0.2, 0) is 20.5 Å². The molecule has 0 heterocycles. The first-order chi connectivity index (χ1) is 10.4. The van der Waals surface area contributed by atoms with Gasteiger partial charge in [-0.15, -0.1) is 0 Å². The number of carbonyl (C=O) groups excluding carboxylic acids is 2.